The Hall–Kier alpha value is -1.26. The first-order valence-electron chi connectivity index (χ1n) is 4.80. The minimum absolute atomic E-state index is 0.581. The maximum absolute atomic E-state index is 6.08. The van der Waals surface area contributed by atoms with Crippen LogP contribution in [0, 0.1) is 0 Å². The second kappa shape index (κ2) is 4.72. The third-order valence-corrected chi connectivity index (χ3v) is 3.21. The lowest BCUT2D eigenvalue weighted by Crippen LogP contribution is -2.17. The van der Waals surface area contributed by atoms with Crippen LogP contribution in [-0.2, 0) is 6.54 Å². The summed E-state index contributed by atoms with van der Waals surface area (Å²) in [6.45, 7) is 0.792. The summed E-state index contributed by atoms with van der Waals surface area (Å²) in [5.74, 6) is 0.752. The molecule has 2 aromatic rings. The Morgan fingerprint density at radius 3 is 3.00 bits per heavy atom. The summed E-state index contributed by atoms with van der Waals surface area (Å²) >= 11 is 7.77. The van der Waals surface area contributed by atoms with Crippen molar-refractivity contribution in [3.63, 3.8) is 0 Å². The van der Waals surface area contributed by atoms with Gasteiger partial charge in [0.15, 0.2) is 0 Å². The average Bonchev–Trinajstić information content (AvgIpc) is 2.70. The van der Waals surface area contributed by atoms with Gasteiger partial charge in [0.1, 0.15) is 5.82 Å². The standard InChI is InChI=1S/C11H12ClN3S/c1-15(6-8-2-3-16-7-8)11-10(12)4-9(13)5-14-11/h2-5,7H,6,13H2,1H3. The number of rotatable bonds is 3. The zero-order valence-corrected chi connectivity index (χ0v) is 10.4. The zero-order valence-electron chi connectivity index (χ0n) is 8.85. The van der Waals surface area contributed by atoms with Crippen molar-refractivity contribution in [1.29, 1.82) is 0 Å². The summed E-state index contributed by atoms with van der Waals surface area (Å²) in [6.07, 6.45) is 1.62. The first kappa shape index (κ1) is 11.2. The zero-order chi connectivity index (χ0) is 11.5. The highest BCUT2D eigenvalue weighted by Gasteiger charge is 2.08. The molecule has 0 atom stereocenters. The van der Waals surface area contributed by atoms with Crippen LogP contribution in [0.4, 0.5) is 11.5 Å². The van der Waals surface area contributed by atoms with Crippen LogP contribution in [0.15, 0.2) is 29.1 Å². The Labute approximate surface area is 103 Å². The molecule has 0 aliphatic heterocycles. The molecule has 0 bridgehead atoms. The first-order valence-corrected chi connectivity index (χ1v) is 6.12. The van der Waals surface area contributed by atoms with Crippen LogP contribution < -0.4 is 10.6 Å². The summed E-state index contributed by atoms with van der Waals surface area (Å²) in [5.41, 5.74) is 7.43. The molecule has 0 unspecified atom stereocenters. The molecule has 2 N–H and O–H groups in total. The van der Waals surface area contributed by atoms with Gasteiger partial charge in [-0.1, -0.05) is 11.6 Å². The van der Waals surface area contributed by atoms with Crippen LogP contribution in [0.2, 0.25) is 5.02 Å². The molecule has 0 saturated carbocycles. The molecule has 3 nitrogen and oxygen atoms in total. The van der Waals surface area contributed by atoms with E-state index in [2.05, 4.69) is 21.8 Å². The molecule has 5 heteroatoms. The number of nitrogens with zero attached hydrogens (tertiary/aromatic N) is 2. The van der Waals surface area contributed by atoms with E-state index >= 15 is 0 Å². The molecule has 2 rings (SSSR count). The molecular formula is C11H12ClN3S. The van der Waals surface area contributed by atoms with Crippen LogP contribution in [-0.4, -0.2) is 12.0 Å². The Bertz CT molecular complexity index is 470. The van der Waals surface area contributed by atoms with E-state index in [0.717, 1.165) is 12.4 Å². The molecule has 0 aliphatic carbocycles. The minimum Gasteiger partial charge on any atom is -0.397 e. The lowest BCUT2D eigenvalue weighted by Gasteiger charge is -2.18. The topological polar surface area (TPSA) is 42.2 Å². The lowest BCUT2D eigenvalue weighted by molar-refractivity contribution is 0.902. The SMILES string of the molecule is CN(Cc1ccsc1)c1ncc(N)cc1Cl. The monoisotopic (exact) mass is 253 g/mol. The summed E-state index contributed by atoms with van der Waals surface area (Å²) in [4.78, 5) is 6.23. The number of hydrogen-bond acceptors (Lipinski definition) is 4. The molecule has 0 amide bonds. The van der Waals surface area contributed by atoms with Gasteiger partial charge in [-0.2, -0.15) is 11.3 Å². The number of nitrogen functional groups attached to an aromatic ring is 1. The van der Waals surface area contributed by atoms with Crippen molar-refractivity contribution in [2.24, 2.45) is 0 Å². The molecule has 0 aromatic carbocycles. The number of aromatic nitrogens is 1. The van der Waals surface area contributed by atoms with Crippen molar-refractivity contribution < 1.29 is 0 Å². The summed E-state index contributed by atoms with van der Waals surface area (Å²) in [6, 6.07) is 3.81. The van der Waals surface area contributed by atoms with E-state index in [1.54, 1.807) is 23.6 Å². The van der Waals surface area contributed by atoms with E-state index in [4.69, 9.17) is 17.3 Å². The normalized spacial score (nSPS) is 10.4. The van der Waals surface area contributed by atoms with E-state index in [1.165, 1.54) is 5.56 Å². The molecule has 16 heavy (non-hydrogen) atoms. The van der Waals surface area contributed by atoms with Crippen LogP contribution in [0.1, 0.15) is 5.56 Å². The van der Waals surface area contributed by atoms with Gasteiger partial charge in [0, 0.05) is 13.6 Å². The average molecular weight is 254 g/mol. The predicted octanol–water partition coefficient (Wildman–Crippen LogP) is 3.02. The number of nitrogens with two attached hydrogens (primary N) is 1. The minimum atomic E-state index is 0.581. The molecule has 0 aliphatic rings. The van der Waals surface area contributed by atoms with Crippen LogP contribution >= 0.6 is 22.9 Å². The molecule has 0 radical (unpaired) electrons. The van der Waals surface area contributed by atoms with Crippen molar-refractivity contribution in [3.05, 3.63) is 39.7 Å². The smallest absolute Gasteiger partial charge is 0.147 e. The molecule has 0 fully saturated rings. The van der Waals surface area contributed by atoms with Gasteiger partial charge in [-0.15, -0.1) is 0 Å². The molecule has 0 spiro atoms. The van der Waals surface area contributed by atoms with Gasteiger partial charge < -0.3 is 10.6 Å². The van der Waals surface area contributed by atoms with Crippen molar-refractivity contribution in [3.8, 4) is 0 Å². The molecule has 2 aromatic heterocycles. The highest BCUT2D eigenvalue weighted by Crippen LogP contribution is 2.25. The van der Waals surface area contributed by atoms with E-state index in [-0.39, 0.29) is 0 Å². The number of anilines is 2. The Morgan fingerprint density at radius 1 is 1.56 bits per heavy atom. The summed E-state index contributed by atoms with van der Waals surface area (Å²) < 4.78 is 0. The fourth-order valence-electron chi connectivity index (χ4n) is 1.46. The van der Waals surface area contributed by atoms with Gasteiger partial charge in [-0.05, 0) is 28.5 Å². The Balaban J connectivity index is 2.17. The van der Waals surface area contributed by atoms with Crippen LogP contribution in [0.5, 0.6) is 0 Å². The quantitative estimate of drug-likeness (QED) is 0.914. The molecule has 0 saturated heterocycles. The largest absolute Gasteiger partial charge is 0.397 e. The van der Waals surface area contributed by atoms with E-state index in [1.807, 2.05) is 11.9 Å². The van der Waals surface area contributed by atoms with Gasteiger partial charge in [0.05, 0.1) is 16.9 Å². The molecule has 84 valence electrons. The number of hydrogen-bond donors (Lipinski definition) is 1. The van der Waals surface area contributed by atoms with E-state index in [9.17, 15) is 0 Å². The predicted molar refractivity (Wildman–Crippen MR) is 70.1 cm³/mol. The second-order valence-corrected chi connectivity index (χ2v) is 4.75. The maximum Gasteiger partial charge on any atom is 0.147 e. The number of halogens is 1. The van der Waals surface area contributed by atoms with E-state index in [0.29, 0.717) is 10.7 Å². The van der Waals surface area contributed by atoms with Crippen molar-refractivity contribution in [2.75, 3.05) is 17.7 Å². The summed E-state index contributed by atoms with van der Waals surface area (Å²) in [7, 11) is 1.96. The Kier molecular flexibility index (Phi) is 3.31. The molecule has 2 heterocycles. The number of thiophene rings is 1. The highest BCUT2D eigenvalue weighted by molar-refractivity contribution is 7.07. The lowest BCUT2D eigenvalue weighted by atomic mass is 10.3. The van der Waals surface area contributed by atoms with Crippen molar-refractivity contribution in [1.82, 2.24) is 4.98 Å². The third kappa shape index (κ3) is 2.46. The van der Waals surface area contributed by atoms with Gasteiger partial charge in [-0.25, -0.2) is 4.98 Å². The van der Waals surface area contributed by atoms with Gasteiger partial charge in [0.25, 0.3) is 0 Å². The second-order valence-electron chi connectivity index (χ2n) is 3.56. The fraction of sp³-hybridized carbons (Fsp3) is 0.182. The van der Waals surface area contributed by atoms with Crippen molar-refractivity contribution in [2.45, 2.75) is 6.54 Å². The highest BCUT2D eigenvalue weighted by atomic mass is 35.5. The van der Waals surface area contributed by atoms with Gasteiger partial charge in [-0.3, -0.25) is 0 Å². The van der Waals surface area contributed by atoms with Crippen LogP contribution in [0.3, 0.4) is 0 Å². The Morgan fingerprint density at radius 2 is 2.38 bits per heavy atom. The summed E-state index contributed by atoms with van der Waals surface area (Å²) in [5, 5.41) is 4.75. The van der Waals surface area contributed by atoms with Crippen molar-refractivity contribution >= 4 is 34.4 Å². The number of pyridine rings is 1. The molecular weight excluding hydrogens is 242 g/mol. The van der Waals surface area contributed by atoms with Crippen LogP contribution in [0.25, 0.3) is 0 Å². The van der Waals surface area contributed by atoms with Gasteiger partial charge >= 0.3 is 0 Å². The first-order chi connectivity index (χ1) is 7.66. The fourth-order valence-corrected chi connectivity index (χ4v) is 2.44. The maximum atomic E-state index is 6.08. The van der Waals surface area contributed by atoms with E-state index < -0.39 is 0 Å². The van der Waals surface area contributed by atoms with Gasteiger partial charge in [0.2, 0.25) is 0 Å². The third-order valence-electron chi connectivity index (χ3n) is 2.20.